The second-order valence-corrected chi connectivity index (χ2v) is 12.4. The molecule has 1 aliphatic carbocycles. The Labute approximate surface area is 240 Å². The number of halogens is 2. The summed E-state index contributed by atoms with van der Waals surface area (Å²) in [4.78, 5) is 43.2. The standard InChI is InChI=1S/C30H39ClFN3O5/c1-16(2)39-14-6-13-35-26(28(37)34-22-8-5-7-17(3)18(22)4)30-12-11-23(40-30)24(25(30)29(35)38)27(36)33-19-9-10-21(32)20(31)15-19/h9-12,15-18,22-26H,5-8,13-14H2,1-4H3,(H,33,36)(H,34,37)/t17-,18-,22-,23+,24-,25+,26+,30+/m1/s1. The number of amides is 3. The minimum atomic E-state index is -1.24. The summed E-state index contributed by atoms with van der Waals surface area (Å²) in [5, 5.41) is 5.91. The van der Waals surface area contributed by atoms with E-state index in [4.69, 9.17) is 21.1 Å². The number of carbonyl (C=O) groups is 3. The fourth-order valence-electron chi connectivity index (χ4n) is 6.91. The van der Waals surface area contributed by atoms with E-state index >= 15 is 0 Å². The van der Waals surface area contributed by atoms with Crippen LogP contribution in [0.15, 0.2) is 30.4 Å². The molecule has 2 bridgehead atoms. The summed E-state index contributed by atoms with van der Waals surface area (Å²) >= 11 is 5.91. The zero-order valence-corrected chi connectivity index (χ0v) is 24.2. The fourth-order valence-corrected chi connectivity index (χ4v) is 7.09. The van der Waals surface area contributed by atoms with Crippen molar-refractivity contribution in [3.63, 3.8) is 0 Å². The minimum absolute atomic E-state index is 0.0119. The lowest BCUT2D eigenvalue weighted by molar-refractivity contribution is -0.142. The van der Waals surface area contributed by atoms with Crippen molar-refractivity contribution in [2.75, 3.05) is 18.5 Å². The van der Waals surface area contributed by atoms with Crippen LogP contribution in [0.5, 0.6) is 0 Å². The van der Waals surface area contributed by atoms with Crippen molar-refractivity contribution < 1.29 is 28.2 Å². The molecule has 3 fully saturated rings. The Morgan fingerprint density at radius 2 is 2.02 bits per heavy atom. The summed E-state index contributed by atoms with van der Waals surface area (Å²) < 4.78 is 25.8. The molecule has 3 heterocycles. The quantitative estimate of drug-likeness (QED) is 0.338. The van der Waals surface area contributed by atoms with E-state index in [2.05, 4.69) is 24.5 Å². The number of carbonyl (C=O) groups excluding carboxylic acids is 3. The number of hydrogen-bond acceptors (Lipinski definition) is 5. The molecule has 1 saturated carbocycles. The molecule has 1 spiro atoms. The van der Waals surface area contributed by atoms with Crippen LogP contribution >= 0.6 is 11.6 Å². The van der Waals surface area contributed by atoms with Gasteiger partial charge in [0.1, 0.15) is 17.5 Å². The van der Waals surface area contributed by atoms with Gasteiger partial charge in [-0.1, -0.05) is 50.4 Å². The first-order chi connectivity index (χ1) is 19.0. The van der Waals surface area contributed by atoms with E-state index in [0.717, 1.165) is 19.3 Å². The number of rotatable bonds is 9. The highest BCUT2D eigenvalue weighted by molar-refractivity contribution is 6.31. The Bertz CT molecular complexity index is 1190. The summed E-state index contributed by atoms with van der Waals surface area (Å²) in [6, 6.07) is 3.03. The second kappa shape index (κ2) is 11.4. The van der Waals surface area contributed by atoms with Gasteiger partial charge in [0.2, 0.25) is 17.7 Å². The molecule has 0 radical (unpaired) electrons. The molecule has 40 heavy (non-hydrogen) atoms. The highest BCUT2D eigenvalue weighted by atomic mass is 35.5. The summed E-state index contributed by atoms with van der Waals surface area (Å²) in [6.07, 6.45) is 6.59. The molecule has 2 saturated heterocycles. The van der Waals surface area contributed by atoms with Crippen LogP contribution in [0.4, 0.5) is 10.1 Å². The summed E-state index contributed by atoms with van der Waals surface area (Å²) in [7, 11) is 0. The molecule has 8 nitrogen and oxygen atoms in total. The lowest BCUT2D eigenvalue weighted by Gasteiger charge is -2.38. The molecule has 218 valence electrons. The van der Waals surface area contributed by atoms with Gasteiger partial charge in [-0.15, -0.1) is 0 Å². The lowest BCUT2D eigenvalue weighted by atomic mass is 9.73. The van der Waals surface area contributed by atoms with Crippen molar-refractivity contribution >= 4 is 35.0 Å². The predicted molar refractivity (Wildman–Crippen MR) is 149 cm³/mol. The van der Waals surface area contributed by atoms with Crippen molar-refractivity contribution in [3.8, 4) is 0 Å². The van der Waals surface area contributed by atoms with E-state index in [9.17, 15) is 18.8 Å². The smallest absolute Gasteiger partial charge is 0.246 e. The molecule has 3 amide bonds. The number of hydrogen-bond donors (Lipinski definition) is 2. The maximum atomic E-state index is 14.0. The Balaban J connectivity index is 1.41. The zero-order valence-electron chi connectivity index (χ0n) is 23.5. The number of anilines is 1. The topological polar surface area (TPSA) is 97.0 Å². The van der Waals surface area contributed by atoms with Gasteiger partial charge >= 0.3 is 0 Å². The van der Waals surface area contributed by atoms with E-state index in [1.165, 1.54) is 18.2 Å². The SMILES string of the molecule is CC(C)OCCCN1C(=O)[C@@H]2[C@H](C(=O)Nc3ccc(F)c(Cl)c3)[C@@H]3C=C[C@@]2(O3)[C@@H]1C(=O)N[C@@H]1CCC[C@@H](C)[C@H]1C. The third-order valence-corrected chi connectivity index (χ3v) is 9.43. The van der Waals surface area contributed by atoms with Gasteiger partial charge in [0, 0.05) is 24.9 Å². The van der Waals surface area contributed by atoms with Gasteiger partial charge in [0.15, 0.2) is 0 Å². The Morgan fingerprint density at radius 1 is 1.25 bits per heavy atom. The van der Waals surface area contributed by atoms with Gasteiger partial charge in [-0.05, 0) is 56.7 Å². The molecular weight excluding hydrogens is 537 g/mol. The third-order valence-electron chi connectivity index (χ3n) is 9.14. The van der Waals surface area contributed by atoms with Crippen LogP contribution in [0, 0.1) is 29.5 Å². The Hall–Kier alpha value is -2.49. The van der Waals surface area contributed by atoms with Gasteiger partial charge in [-0.25, -0.2) is 4.39 Å². The van der Waals surface area contributed by atoms with E-state index in [0.29, 0.717) is 37.1 Å². The third kappa shape index (κ3) is 5.16. The average molecular weight is 576 g/mol. The van der Waals surface area contributed by atoms with Crippen LogP contribution in [0.2, 0.25) is 5.02 Å². The lowest BCUT2D eigenvalue weighted by Crippen LogP contribution is -2.58. The van der Waals surface area contributed by atoms with Crippen LogP contribution in [-0.2, 0) is 23.9 Å². The van der Waals surface area contributed by atoms with Crippen LogP contribution in [0.25, 0.3) is 0 Å². The summed E-state index contributed by atoms with van der Waals surface area (Å²) in [5.74, 6) is -2.45. The van der Waals surface area contributed by atoms with E-state index < -0.39 is 41.3 Å². The van der Waals surface area contributed by atoms with Gasteiger partial charge in [-0.3, -0.25) is 14.4 Å². The van der Waals surface area contributed by atoms with Gasteiger partial charge in [0.05, 0.1) is 29.1 Å². The van der Waals surface area contributed by atoms with Gasteiger partial charge in [-0.2, -0.15) is 0 Å². The second-order valence-electron chi connectivity index (χ2n) is 12.0. The first kappa shape index (κ1) is 29.0. The molecule has 0 unspecified atom stereocenters. The normalized spacial score (nSPS) is 34.4. The molecule has 2 N–H and O–H groups in total. The molecular formula is C30H39ClFN3O5. The highest BCUT2D eigenvalue weighted by Gasteiger charge is 2.72. The number of nitrogens with zero attached hydrogens (tertiary/aromatic N) is 1. The van der Waals surface area contributed by atoms with Crippen LogP contribution in [0.3, 0.4) is 0 Å². The van der Waals surface area contributed by atoms with Crippen molar-refractivity contribution in [2.24, 2.45) is 23.7 Å². The summed E-state index contributed by atoms with van der Waals surface area (Å²) in [6.45, 7) is 9.01. The van der Waals surface area contributed by atoms with Crippen molar-refractivity contribution in [3.05, 3.63) is 41.2 Å². The maximum absolute atomic E-state index is 14.0. The number of benzene rings is 1. The monoisotopic (exact) mass is 575 g/mol. The van der Waals surface area contributed by atoms with Crippen molar-refractivity contribution in [1.82, 2.24) is 10.2 Å². The van der Waals surface area contributed by atoms with Gasteiger partial charge in [0.25, 0.3) is 0 Å². The fraction of sp³-hybridized carbons (Fsp3) is 0.633. The molecule has 10 heteroatoms. The number of nitrogens with one attached hydrogen (secondary N) is 2. The molecule has 0 aromatic heterocycles. The highest BCUT2D eigenvalue weighted by Crippen LogP contribution is 2.55. The molecule has 1 aromatic carbocycles. The van der Waals surface area contributed by atoms with Crippen LogP contribution < -0.4 is 10.6 Å². The van der Waals surface area contributed by atoms with Crippen molar-refractivity contribution in [1.29, 1.82) is 0 Å². The van der Waals surface area contributed by atoms with E-state index in [1.54, 1.807) is 17.1 Å². The molecule has 3 aliphatic heterocycles. The number of ether oxygens (including phenoxy) is 2. The van der Waals surface area contributed by atoms with Crippen LogP contribution in [0.1, 0.15) is 53.4 Å². The molecule has 4 aliphatic rings. The average Bonchev–Trinajstić information content (AvgIpc) is 3.54. The first-order valence-electron chi connectivity index (χ1n) is 14.4. The van der Waals surface area contributed by atoms with Gasteiger partial charge < -0.3 is 25.0 Å². The van der Waals surface area contributed by atoms with E-state index in [1.807, 2.05) is 13.8 Å². The molecule has 5 rings (SSSR count). The Morgan fingerprint density at radius 3 is 2.75 bits per heavy atom. The predicted octanol–water partition coefficient (Wildman–Crippen LogP) is 4.32. The summed E-state index contributed by atoms with van der Waals surface area (Å²) in [5.41, 5.74) is -0.920. The molecule has 1 aromatic rings. The van der Waals surface area contributed by atoms with E-state index in [-0.39, 0.29) is 29.0 Å². The molecule has 8 atom stereocenters. The maximum Gasteiger partial charge on any atom is 0.246 e. The van der Waals surface area contributed by atoms with Crippen molar-refractivity contribution in [2.45, 2.75) is 83.3 Å². The first-order valence-corrected chi connectivity index (χ1v) is 14.8. The Kier molecular flexibility index (Phi) is 8.28. The van der Waals surface area contributed by atoms with Crippen LogP contribution in [-0.4, -0.2) is 65.7 Å². The minimum Gasteiger partial charge on any atom is -0.379 e. The number of fused-ring (bicyclic) bond motifs is 1. The zero-order chi connectivity index (χ0) is 28.8. The number of likely N-dealkylation sites (tertiary alicyclic amines) is 1. The largest absolute Gasteiger partial charge is 0.379 e.